The third-order valence-corrected chi connectivity index (χ3v) is 5.24. The Balaban J connectivity index is 1.78. The first-order chi connectivity index (χ1) is 13.4. The van der Waals surface area contributed by atoms with Crippen LogP contribution in [0.25, 0.3) is 0 Å². The molecule has 1 aromatic carbocycles. The summed E-state index contributed by atoms with van der Waals surface area (Å²) < 4.78 is 10.5. The van der Waals surface area contributed by atoms with Gasteiger partial charge in [-0.05, 0) is 19.1 Å². The van der Waals surface area contributed by atoms with Gasteiger partial charge in [-0.3, -0.25) is 14.9 Å². The summed E-state index contributed by atoms with van der Waals surface area (Å²) in [6.07, 6.45) is -4.89. The monoisotopic (exact) mass is 408 g/mol. The highest BCUT2D eigenvalue weighted by atomic mass is 32.1. The van der Waals surface area contributed by atoms with Crippen LogP contribution in [0.15, 0.2) is 30.5 Å². The van der Waals surface area contributed by atoms with Gasteiger partial charge in [0.15, 0.2) is 5.13 Å². The lowest BCUT2D eigenvalue weighted by Crippen LogP contribution is -2.58. The topological polar surface area (TPSA) is 138 Å². The van der Waals surface area contributed by atoms with Gasteiger partial charge in [-0.1, -0.05) is 12.1 Å². The maximum absolute atomic E-state index is 12.6. The normalized spacial score (nSPS) is 27.1. The highest BCUT2D eigenvalue weighted by molar-refractivity contribution is 7.15. The quantitative estimate of drug-likeness (QED) is 0.506. The van der Waals surface area contributed by atoms with E-state index in [0.29, 0.717) is 5.13 Å². The highest BCUT2D eigenvalue weighted by Gasteiger charge is 2.45. The second-order valence-electron chi connectivity index (χ2n) is 6.36. The van der Waals surface area contributed by atoms with E-state index in [-0.39, 0.29) is 24.2 Å². The Hall–Kier alpha value is -2.53. The number of hydrogen-bond donors (Lipinski definition) is 4. The number of aryl methyl sites for hydroxylation is 1. The summed E-state index contributed by atoms with van der Waals surface area (Å²) in [7, 11) is 0. The Bertz CT molecular complexity index is 843. The van der Waals surface area contributed by atoms with Crippen LogP contribution in [0.4, 0.5) is 5.13 Å². The number of nitrogens with zero attached hydrogens (tertiary/aromatic N) is 1. The van der Waals surface area contributed by atoms with Gasteiger partial charge in [0.05, 0.1) is 5.56 Å². The molecule has 0 radical (unpaired) electrons. The van der Waals surface area contributed by atoms with E-state index in [1.807, 2.05) is 6.92 Å². The lowest BCUT2D eigenvalue weighted by molar-refractivity contribution is -0.184. The lowest BCUT2D eigenvalue weighted by atomic mass is 9.87. The molecule has 1 heterocycles. The van der Waals surface area contributed by atoms with Gasteiger partial charge in [0, 0.05) is 17.5 Å². The number of amides is 1. The molecule has 9 nitrogen and oxygen atoms in total. The summed E-state index contributed by atoms with van der Waals surface area (Å²) in [5.41, 5.74) is 0.205. The molecule has 0 spiro atoms. The van der Waals surface area contributed by atoms with Crippen LogP contribution in [0, 0.1) is 6.92 Å². The fraction of sp³-hybridized carbons (Fsp3) is 0.389. The Morgan fingerprint density at radius 2 is 1.93 bits per heavy atom. The van der Waals surface area contributed by atoms with E-state index in [1.54, 1.807) is 30.5 Å². The summed E-state index contributed by atoms with van der Waals surface area (Å²) in [6.45, 7) is 2.03. The predicted octanol–water partition coefficient (Wildman–Crippen LogP) is 0.479. The Morgan fingerprint density at radius 3 is 2.61 bits per heavy atom. The van der Waals surface area contributed by atoms with Crippen molar-refractivity contribution in [3.8, 4) is 5.75 Å². The number of anilines is 1. The molecule has 3 rings (SSSR count). The number of hydrogen-bond acceptors (Lipinski definition) is 9. The number of aromatic nitrogens is 1. The highest BCUT2D eigenvalue weighted by Crippen LogP contribution is 2.29. The zero-order chi connectivity index (χ0) is 20.3. The maximum atomic E-state index is 12.6. The van der Waals surface area contributed by atoms with Crippen molar-refractivity contribution >= 4 is 28.8 Å². The summed E-state index contributed by atoms with van der Waals surface area (Å²) in [6, 6.07) is 6.40. The molecule has 28 heavy (non-hydrogen) atoms. The van der Waals surface area contributed by atoms with Crippen molar-refractivity contribution < 1.29 is 34.4 Å². The maximum Gasteiger partial charge on any atom is 0.293 e. The van der Waals surface area contributed by atoms with Crippen molar-refractivity contribution in [2.24, 2.45) is 0 Å². The number of rotatable bonds is 6. The van der Waals surface area contributed by atoms with E-state index in [4.69, 9.17) is 9.47 Å². The Kier molecular flexibility index (Phi) is 6.25. The van der Waals surface area contributed by atoms with Crippen LogP contribution in [0.2, 0.25) is 0 Å². The third kappa shape index (κ3) is 4.30. The SMILES string of the molecule is Cc1cnc(NC(=O)c2ccccc2OC2CC(OC=O)C(O)C(O)C2O)s1. The molecule has 1 aliphatic carbocycles. The molecule has 1 amide bonds. The number of ether oxygens (including phenoxy) is 2. The molecule has 1 aromatic heterocycles. The summed E-state index contributed by atoms with van der Waals surface area (Å²) in [4.78, 5) is 28.2. The van der Waals surface area contributed by atoms with Crippen LogP contribution < -0.4 is 10.1 Å². The molecule has 10 heteroatoms. The van der Waals surface area contributed by atoms with E-state index < -0.39 is 36.4 Å². The zero-order valence-corrected chi connectivity index (χ0v) is 15.7. The average molecular weight is 408 g/mol. The predicted molar refractivity (Wildman–Crippen MR) is 99.2 cm³/mol. The van der Waals surface area contributed by atoms with Gasteiger partial charge in [0.1, 0.15) is 36.3 Å². The molecule has 2 aromatic rings. The third-order valence-electron chi connectivity index (χ3n) is 4.41. The zero-order valence-electron chi connectivity index (χ0n) is 14.9. The van der Waals surface area contributed by atoms with Crippen LogP contribution in [-0.2, 0) is 9.53 Å². The van der Waals surface area contributed by atoms with Crippen molar-refractivity contribution in [2.75, 3.05) is 5.32 Å². The summed E-state index contributed by atoms with van der Waals surface area (Å²) in [5, 5.41) is 33.3. The number of benzene rings is 1. The standard InChI is InChI=1S/C18H20N2O7S/c1-9-7-19-18(28-9)20-17(25)10-4-2-3-5-11(10)27-13-6-12(26-8-21)14(22)16(24)15(13)23/h2-5,7-8,12-16,22-24H,6H2,1H3,(H,19,20,25). The van der Waals surface area contributed by atoms with E-state index in [0.717, 1.165) is 4.88 Å². The second-order valence-corrected chi connectivity index (χ2v) is 7.60. The summed E-state index contributed by atoms with van der Waals surface area (Å²) in [5.74, 6) is -0.276. The number of thiazole rings is 1. The molecule has 150 valence electrons. The fourth-order valence-corrected chi connectivity index (χ4v) is 3.63. The molecule has 5 atom stereocenters. The smallest absolute Gasteiger partial charge is 0.293 e. The van der Waals surface area contributed by atoms with Gasteiger partial charge in [0.2, 0.25) is 0 Å². The van der Waals surface area contributed by atoms with Gasteiger partial charge in [-0.2, -0.15) is 0 Å². The van der Waals surface area contributed by atoms with Crippen LogP contribution in [-0.4, -0.2) is 63.2 Å². The lowest BCUT2D eigenvalue weighted by Gasteiger charge is -2.39. The molecule has 1 aliphatic rings. The summed E-state index contributed by atoms with van der Waals surface area (Å²) >= 11 is 1.32. The number of aliphatic hydroxyl groups is 3. The molecule has 4 N–H and O–H groups in total. The van der Waals surface area contributed by atoms with Gasteiger partial charge >= 0.3 is 0 Å². The number of para-hydroxylation sites is 1. The molecule has 1 fully saturated rings. The van der Waals surface area contributed by atoms with E-state index in [1.165, 1.54) is 11.3 Å². The first-order valence-electron chi connectivity index (χ1n) is 8.53. The fourth-order valence-electron chi connectivity index (χ4n) is 2.97. The van der Waals surface area contributed by atoms with Gasteiger partial charge < -0.3 is 24.8 Å². The number of carbonyl (C=O) groups is 2. The van der Waals surface area contributed by atoms with Crippen LogP contribution in [0.1, 0.15) is 21.7 Å². The van der Waals surface area contributed by atoms with Crippen molar-refractivity contribution in [1.29, 1.82) is 0 Å². The minimum atomic E-state index is -1.57. The number of nitrogens with one attached hydrogen (secondary N) is 1. The van der Waals surface area contributed by atoms with E-state index in [9.17, 15) is 24.9 Å². The number of aliphatic hydroxyl groups excluding tert-OH is 3. The molecular weight excluding hydrogens is 388 g/mol. The minimum Gasteiger partial charge on any atom is -0.487 e. The molecule has 0 aliphatic heterocycles. The molecule has 5 unspecified atom stereocenters. The molecule has 0 saturated heterocycles. The average Bonchev–Trinajstić information content (AvgIpc) is 3.09. The van der Waals surface area contributed by atoms with E-state index in [2.05, 4.69) is 10.3 Å². The van der Waals surface area contributed by atoms with Gasteiger partial charge in [0.25, 0.3) is 12.4 Å². The molecule has 1 saturated carbocycles. The number of carbonyl (C=O) groups excluding carboxylic acids is 2. The molecular formula is C18H20N2O7S. The van der Waals surface area contributed by atoms with Crippen molar-refractivity contribution in [3.63, 3.8) is 0 Å². The first kappa shape index (κ1) is 20.2. The van der Waals surface area contributed by atoms with Crippen LogP contribution >= 0.6 is 11.3 Å². The van der Waals surface area contributed by atoms with Crippen LogP contribution in [0.5, 0.6) is 5.75 Å². The van der Waals surface area contributed by atoms with Crippen LogP contribution in [0.3, 0.4) is 0 Å². The van der Waals surface area contributed by atoms with Gasteiger partial charge in [-0.25, -0.2) is 4.98 Å². The van der Waals surface area contributed by atoms with E-state index >= 15 is 0 Å². The van der Waals surface area contributed by atoms with Crippen molar-refractivity contribution in [2.45, 2.75) is 43.9 Å². The van der Waals surface area contributed by atoms with Crippen molar-refractivity contribution in [3.05, 3.63) is 40.9 Å². The van der Waals surface area contributed by atoms with Crippen molar-refractivity contribution in [1.82, 2.24) is 4.98 Å². The Labute approximate surface area is 164 Å². The Morgan fingerprint density at radius 1 is 1.21 bits per heavy atom. The first-order valence-corrected chi connectivity index (χ1v) is 9.35. The van der Waals surface area contributed by atoms with Gasteiger partial charge in [-0.15, -0.1) is 11.3 Å². The second kappa shape index (κ2) is 8.65. The largest absolute Gasteiger partial charge is 0.487 e. The minimum absolute atomic E-state index is 0.0558. The molecule has 0 bridgehead atoms.